The van der Waals surface area contributed by atoms with Gasteiger partial charge >= 0.3 is 0 Å². The van der Waals surface area contributed by atoms with Crippen molar-refractivity contribution >= 4 is 17.3 Å². The van der Waals surface area contributed by atoms with E-state index in [2.05, 4.69) is 52.2 Å². The minimum absolute atomic E-state index is 0.651. The topological polar surface area (TPSA) is 58.5 Å². The summed E-state index contributed by atoms with van der Waals surface area (Å²) in [4.78, 5) is 9.03. The van der Waals surface area contributed by atoms with Crippen LogP contribution in [0.3, 0.4) is 0 Å². The fourth-order valence-corrected chi connectivity index (χ4v) is 3.70. The molecule has 0 aliphatic heterocycles. The standard InChI is InChI=1S/C22H26N4OS/c1-16-9-10-18(20(13-16)27-3)14-25-22(23-2)24-12-11-19-15-28-21(26-19)17-7-5-4-6-8-17/h4-10,13,15H,11-12,14H2,1-3H3,(H2,23,24,25). The van der Waals surface area contributed by atoms with Gasteiger partial charge in [0.1, 0.15) is 10.8 Å². The van der Waals surface area contributed by atoms with E-state index in [1.165, 1.54) is 5.56 Å². The summed E-state index contributed by atoms with van der Waals surface area (Å²) in [5.41, 5.74) is 4.53. The Bertz CT molecular complexity index is 921. The van der Waals surface area contributed by atoms with E-state index in [0.717, 1.165) is 46.5 Å². The van der Waals surface area contributed by atoms with Gasteiger partial charge in [0, 0.05) is 43.1 Å². The Morgan fingerprint density at radius 2 is 1.96 bits per heavy atom. The highest BCUT2D eigenvalue weighted by atomic mass is 32.1. The van der Waals surface area contributed by atoms with Crippen LogP contribution in [0.4, 0.5) is 0 Å². The molecule has 0 saturated heterocycles. The van der Waals surface area contributed by atoms with Gasteiger partial charge in [-0.15, -0.1) is 11.3 Å². The van der Waals surface area contributed by atoms with E-state index < -0.39 is 0 Å². The third kappa shape index (κ3) is 5.33. The predicted molar refractivity (Wildman–Crippen MR) is 117 cm³/mol. The van der Waals surface area contributed by atoms with Crippen molar-refractivity contribution < 1.29 is 4.74 Å². The summed E-state index contributed by atoms with van der Waals surface area (Å²) in [6.07, 6.45) is 0.845. The molecule has 0 atom stereocenters. The smallest absolute Gasteiger partial charge is 0.191 e. The summed E-state index contributed by atoms with van der Waals surface area (Å²) in [5.74, 6) is 1.65. The summed E-state index contributed by atoms with van der Waals surface area (Å²) >= 11 is 1.68. The van der Waals surface area contributed by atoms with Crippen molar-refractivity contribution in [2.24, 2.45) is 4.99 Å². The Balaban J connectivity index is 1.49. The lowest BCUT2D eigenvalue weighted by Gasteiger charge is -2.14. The maximum atomic E-state index is 5.46. The van der Waals surface area contributed by atoms with Crippen LogP contribution in [0.5, 0.6) is 5.75 Å². The van der Waals surface area contributed by atoms with Crippen LogP contribution < -0.4 is 15.4 Å². The zero-order valence-electron chi connectivity index (χ0n) is 16.5. The summed E-state index contributed by atoms with van der Waals surface area (Å²) in [6.45, 7) is 3.47. The molecule has 0 radical (unpaired) electrons. The second kappa shape index (κ2) is 9.90. The molecular formula is C22H26N4OS. The largest absolute Gasteiger partial charge is 0.496 e. The number of aromatic nitrogens is 1. The van der Waals surface area contributed by atoms with Crippen molar-refractivity contribution in [3.8, 4) is 16.3 Å². The Labute approximate surface area is 170 Å². The minimum atomic E-state index is 0.651. The number of guanidine groups is 1. The van der Waals surface area contributed by atoms with Crippen LogP contribution in [-0.4, -0.2) is 31.6 Å². The molecule has 0 spiro atoms. The number of methoxy groups -OCH3 is 1. The first-order valence-electron chi connectivity index (χ1n) is 9.27. The highest BCUT2D eigenvalue weighted by Crippen LogP contribution is 2.23. The number of rotatable bonds is 7. The summed E-state index contributed by atoms with van der Waals surface area (Å²) in [6, 6.07) is 16.5. The summed E-state index contributed by atoms with van der Waals surface area (Å²) in [7, 11) is 3.47. The SMILES string of the molecule is CN=C(NCCc1csc(-c2ccccc2)n1)NCc1ccc(C)cc1OC. The number of hydrogen-bond donors (Lipinski definition) is 2. The molecule has 146 valence electrons. The first kappa shape index (κ1) is 19.9. The molecule has 0 aliphatic carbocycles. The monoisotopic (exact) mass is 394 g/mol. The van der Waals surface area contributed by atoms with Gasteiger partial charge in [-0.3, -0.25) is 4.99 Å². The molecule has 1 heterocycles. The van der Waals surface area contributed by atoms with Gasteiger partial charge in [0.2, 0.25) is 0 Å². The minimum Gasteiger partial charge on any atom is -0.496 e. The molecule has 5 nitrogen and oxygen atoms in total. The second-order valence-electron chi connectivity index (χ2n) is 6.43. The maximum Gasteiger partial charge on any atom is 0.191 e. The van der Waals surface area contributed by atoms with E-state index in [9.17, 15) is 0 Å². The molecule has 6 heteroatoms. The molecule has 2 aromatic carbocycles. The van der Waals surface area contributed by atoms with Crippen molar-refractivity contribution in [2.45, 2.75) is 19.9 Å². The second-order valence-corrected chi connectivity index (χ2v) is 7.29. The molecule has 3 aromatic rings. The lowest BCUT2D eigenvalue weighted by Crippen LogP contribution is -2.37. The van der Waals surface area contributed by atoms with Crippen molar-refractivity contribution in [2.75, 3.05) is 20.7 Å². The molecule has 0 aliphatic rings. The Hall–Kier alpha value is -2.86. The van der Waals surface area contributed by atoms with Gasteiger partial charge in [0.25, 0.3) is 0 Å². The van der Waals surface area contributed by atoms with Crippen molar-refractivity contribution in [3.05, 3.63) is 70.7 Å². The molecular weight excluding hydrogens is 368 g/mol. The fourth-order valence-electron chi connectivity index (χ4n) is 2.84. The maximum absolute atomic E-state index is 5.46. The van der Waals surface area contributed by atoms with Gasteiger partial charge in [-0.2, -0.15) is 0 Å². The van der Waals surface area contributed by atoms with Gasteiger partial charge in [-0.05, 0) is 18.6 Å². The number of nitrogens with zero attached hydrogens (tertiary/aromatic N) is 2. The third-order valence-corrected chi connectivity index (χ3v) is 5.30. The number of benzene rings is 2. The van der Waals surface area contributed by atoms with Crippen LogP contribution in [-0.2, 0) is 13.0 Å². The van der Waals surface area contributed by atoms with Gasteiger partial charge in [0.05, 0.1) is 12.8 Å². The molecule has 3 rings (SSSR count). The number of nitrogens with one attached hydrogen (secondary N) is 2. The Morgan fingerprint density at radius 1 is 1.14 bits per heavy atom. The summed E-state index contributed by atoms with van der Waals surface area (Å²) in [5, 5.41) is 9.87. The number of thiazole rings is 1. The van der Waals surface area contributed by atoms with E-state index in [1.807, 2.05) is 24.3 Å². The van der Waals surface area contributed by atoms with Crippen LogP contribution in [0.2, 0.25) is 0 Å². The van der Waals surface area contributed by atoms with Crippen LogP contribution in [0.1, 0.15) is 16.8 Å². The molecule has 0 bridgehead atoms. The normalized spacial score (nSPS) is 11.3. The lowest BCUT2D eigenvalue weighted by molar-refractivity contribution is 0.408. The summed E-state index contributed by atoms with van der Waals surface area (Å²) < 4.78 is 5.46. The van der Waals surface area contributed by atoms with Crippen molar-refractivity contribution in [3.63, 3.8) is 0 Å². The zero-order valence-corrected chi connectivity index (χ0v) is 17.3. The fraction of sp³-hybridized carbons (Fsp3) is 0.273. The van der Waals surface area contributed by atoms with Crippen LogP contribution in [0, 0.1) is 6.92 Å². The van der Waals surface area contributed by atoms with Gasteiger partial charge in [0.15, 0.2) is 5.96 Å². The van der Waals surface area contributed by atoms with E-state index in [0.29, 0.717) is 6.54 Å². The quantitative estimate of drug-likeness (QED) is 0.469. The first-order chi connectivity index (χ1) is 13.7. The number of hydrogen-bond acceptors (Lipinski definition) is 4. The van der Waals surface area contributed by atoms with E-state index in [4.69, 9.17) is 9.72 Å². The van der Waals surface area contributed by atoms with Crippen LogP contribution in [0.15, 0.2) is 58.9 Å². The van der Waals surface area contributed by atoms with Crippen molar-refractivity contribution in [1.82, 2.24) is 15.6 Å². The molecule has 0 unspecified atom stereocenters. The molecule has 1 aromatic heterocycles. The highest BCUT2D eigenvalue weighted by Gasteiger charge is 2.06. The van der Waals surface area contributed by atoms with E-state index >= 15 is 0 Å². The van der Waals surface area contributed by atoms with E-state index in [1.54, 1.807) is 25.5 Å². The molecule has 28 heavy (non-hydrogen) atoms. The number of ether oxygens (including phenoxy) is 1. The number of aryl methyl sites for hydroxylation is 1. The number of aliphatic imine (C=N–C) groups is 1. The lowest BCUT2D eigenvalue weighted by atomic mass is 10.1. The zero-order chi connectivity index (χ0) is 19.8. The Kier molecular flexibility index (Phi) is 7.03. The average Bonchev–Trinajstić information content (AvgIpc) is 3.20. The first-order valence-corrected chi connectivity index (χ1v) is 10.2. The van der Waals surface area contributed by atoms with Crippen LogP contribution >= 0.6 is 11.3 Å². The van der Waals surface area contributed by atoms with E-state index in [-0.39, 0.29) is 0 Å². The van der Waals surface area contributed by atoms with Gasteiger partial charge in [-0.1, -0.05) is 42.5 Å². The third-order valence-electron chi connectivity index (χ3n) is 4.36. The molecule has 2 N–H and O–H groups in total. The predicted octanol–water partition coefficient (Wildman–Crippen LogP) is 4.03. The Morgan fingerprint density at radius 3 is 2.71 bits per heavy atom. The average molecular weight is 395 g/mol. The van der Waals surface area contributed by atoms with Crippen molar-refractivity contribution in [1.29, 1.82) is 0 Å². The molecule has 0 amide bonds. The van der Waals surface area contributed by atoms with Gasteiger partial charge in [-0.25, -0.2) is 4.98 Å². The molecule has 0 saturated carbocycles. The highest BCUT2D eigenvalue weighted by molar-refractivity contribution is 7.13. The van der Waals surface area contributed by atoms with Gasteiger partial charge < -0.3 is 15.4 Å². The van der Waals surface area contributed by atoms with Crippen LogP contribution in [0.25, 0.3) is 10.6 Å². The molecule has 0 fully saturated rings.